The maximum absolute atomic E-state index is 13.7. The maximum atomic E-state index is 13.7. The number of ether oxygens (including phenoxy) is 1. The lowest BCUT2D eigenvalue weighted by Crippen LogP contribution is -2.36. The third kappa shape index (κ3) is 5.07. The number of carbonyl (C=O) groups excluding carboxylic acids is 2. The number of nitrogens with one attached hydrogen (secondary N) is 1. The third-order valence-corrected chi connectivity index (χ3v) is 7.52. The van der Waals surface area contributed by atoms with Gasteiger partial charge in [0.05, 0.1) is 12.2 Å². The summed E-state index contributed by atoms with van der Waals surface area (Å²) in [5.74, 6) is -0.647. The smallest absolute Gasteiger partial charge is 0.336 e. The molecule has 182 valence electrons. The average Bonchev–Trinajstić information content (AvgIpc) is 2.89. The van der Waals surface area contributed by atoms with Crippen LogP contribution in [0.1, 0.15) is 48.3 Å². The van der Waals surface area contributed by atoms with Crippen LogP contribution in [0.25, 0.3) is 0 Å². The van der Waals surface area contributed by atoms with Crippen molar-refractivity contribution < 1.29 is 14.3 Å². The number of esters is 1. The van der Waals surface area contributed by atoms with E-state index >= 15 is 0 Å². The zero-order chi connectivity index (χ0) is 25.1. The van der Waals surface area contributed by atoms with Gasteiger partial charge in [-0.2, -0.15) is 0 Å². The Kier molecular flexibility index (Phi) is 7.19. The van der Waals surface area contributed by atoms with E-state index in [9.17, 15) is 9.59 Å². The van der Waals surface area contributed by atoms with E-state index in [4.69, 9.17) is 4.74 Å². The molecular weight excluding hydrogens is 514 g/mol. The number of dihydropyridines is 1. The lowest BCUT2D eigenvalue weighted by Gasteiger charge is -2.36. The van der Waals surface area contributed by atoms with E-state index in [1.165, 1.54) is 0 Å². The summed E-state index contributed by atoms with van der Waals surface area (Å²) < 4.78 is 6.70. The monoisotopic (exact) mass is 541 g/mol. The lowest BCUT2D eigenvalue weighted by molar-refractivity contribution is -0.139. The molecule has 1 aliphatic heterocycles. The molecule has 0 unspecified atom stereocenters. The molecule has 0 radical (unpaired) electrons. The predicted molar refractivity (Wildman–Crippen MR) is 144 cm³/mol. The van der Waals surface area contributed by atoms with E-state index in [1.807, 2.05) is 79.7 Å². The van der Waals surface area contributed by atoms with Crippen LogP contribution in [0, 0.1) is 0 Å². The molecule has 0 saturated heterocycles. The number of benzene rings is 3. The SMILES string of the molecule is CC1=C(C(=O)OCCc2ccccc2)[C@H](c2ccc(Br)cc2)C2=C(C[C@@H](c3ccccc3)CC2=O)N1. The highest BCUT2D eigenvalue weighted by Crippen LogP contribution is 2.45. The molecule has 2 atom stereocenters. The number of hydrogen-bond donors (Lipinski definition) is 1. The number of ketones is 1. The zero-order valence-corrected chi connectivity index (χ0v) is 21.8. The second kappa shape index (κ2) is 10.7. The van der Waals surface area contributed by atoms with Crippen molar-refractivity contribution in [3.8, 4) is 0 Å². The van der Waals surface area contributed by atoms with E-state index in [2.05, 4.69) is 33.4 Å². The maximum Gasteiger partial charge on any atom is 0.336 e. The van der Waals surface area contributed by atoms with E-state index in [-0.39, 0.29) is 24.3 Å². The normalized spacial score (nSPS) is 19.6. The molecule has 1 N–H and O–H groups in total. The molecule has 5 heteroatoms. The summed E-state index contributed by atoms with van der Waals surface area (Å²) >= 11 is 3.50. The minimum atomic E-state index is -0.456. The van der Waals surface area contributed by atoms with Gasteiger partial charge in [-0.3, -0.25) is 4.79 Å². The lowest BCUT2D eigenvalue weighted by atomic mass is 9.72. The van der Waals surface area contributed by atoms with Crippen molar-refractivity contribution >= 4 is 27.7 Å². The minimum Gasteiger partial charge on any atom is -0.462 e. The van der Waals surface area contributed by atoms with Gasteiger partial charge in [0.2, 0.25) is 0 Å². The van der Waals surface area contributed by atoms with Crippen molar-refractivity contribution in [2.24, 2.45) is 0 Å². The largest absolute Gasteiger partial charge is 0.462 e. The van der Waals surface area contributed by atoms with Crippen molar-refractivity contribution in [2.75, 3.05) is 6.61 Å². The van der Waals surface area contributed by atoms with Gasteiger partial charge in [0.1, 0.15) is 0 Å². The van der Waals surface area contributed by atoms with Crippen LogP contribution in [-0.4, -0.2) is 18.4 Å². The standard InChI is InChI=1S/C31H28BrNO3/c1-20-28(31(35)36-17-16-21-8-4-2-5-9-21)29(23-12-14-25(32)15-13-23)30-26(33-20)18-24(19-27(30)34)22-10-6-3-7-11-22/h2-15,24,29,33H,16-19H2,1H3/t24-,29+/m1/s1. The van der Waals surface area contributed by atoms with Gasteiger partial charge >= 0.3 is 5.97 Å². The van der Waals surface area contributed by atoms with Crippen LogP contribution in [0.5, 0.6) is 0 Å². The fourth-order valence-corrected chi connectivity index (χ4v) is 5.51. The van der Waals surface area contributed by atoms with Crippen molar-refractivity contribution in [1.29, 1.82) is 0 Å². The third-order valence-electron chi connectivity index (χ3n) is 6.99. The first kappa shape index (κ1) is 24.3. The second-order valence-electron chi connectivity index (χ2n) is 9.35. The Morgan fingerprint density at radius 2 is 1.58 bits per heavy atom. The van der Waals surface area contributed by atoms with Gasteiger partial charge in [-0.25, -0.2) is 4.79 Å². The Hall–Kier alpha value is -3.44. The molecule has 0 spiro atoms. The molecule has 3 aromatic rings. The molecular formula is C31H28BrNO3. The molecule has 5 rings (SSSR count). The van der Waals surface area contributed by atoms with E-state index in [1.54, 1.807) is 0 Å². The molecule has 4 nitrogen and oxygen atoms in total. The Balaban J connectivity index is 1.46. The summed E-state index contributed by atoms with van der Waals surface area (Å²) in [6.45, 7) is 2.18. The van der Waals surface area contributed by atoms with Crippen molar-refractivity contribution in [3.63, 3.8) is 0 Å². The van der Waals surface area contributed by atoms with Gasteiger partial charge in [0.15, 0.2) is 5.78 Å². The molecule has 0 saturated carbocycles. The van der Waals surface area contributed by atoms with Gasteiger partial charge < -0.3 is 10.1 Å². The molecule has 3 aromatic carbocycles. The highest BCUT2D eigenvalue weighted by atomic mass is 79.9. The Morgan fingerprint density at radius 1 is 0.917 bits per heavy atom. The zero-order valence-electron chi connectivity index (χ0n) is 20.2. The number of carbonyl (C=O) groups is 2. The van der Waals surface area contributed by atoms with Crippen LogP contribution < -0.4 is 5.32 Å². The van der Waals surface area contributed by atoms with Crippen LogP contribution in [0.2, 0.25) is 0 Å². The fourth-order valence-electron chi connectivity index (χ4n) is 5.24. The van der Waals surface area contributed by atoms with Crippen molar-refractivity contribution in [1.82, 2.24) is 5.32 Å². The van der Waals surface area contributed by atoms with Gasteiger partial charge in [-0.15, -0.1) is 0 Å². The molecule has 0 fully saturated rings. The second-order valence-corrected chi connectivity index (χ2v) is 10.3. The Morgan fingerprint density at radius 3 is 2.28 bits per heavy atom. The van der Waals surface area contributed by atoms with Crippen molar-refractivity contribution in [3.05, 3.63) is 129 Å². The summed E-state index contributed by atoms with van der Waals surface area (Å²) in [6, 6.07) is 28.0. The number of hydrogen-bond acceptors (Lipinski definition) is 4. The molecule has 0 aromatic heterocycles. The van der Waals surface area contributed by atoms with Crippen LogP contribution in [0.4, 0.5) is 0 Å². The molecule has 0 amide bonds. The van der Waals surface area contributed by atoms with E-state index in [0.717, 1.165) is 39.0 Å². The molecule has 1 aliphatic carbocycles. The quantitative estimate of drug-likeness (QED) is 0.357. The number of halogens is 1. The predicted octanol–water partition coefficient (Wildman–Crippen LogP) is 6.60. The van der Waals surface area contributed by atoms with Gasteiger partial charge in [-0.1, -0.05) is 88.7 Å². The fraction of sp³-hybridized carbons (Fsp3) is 0.226. The minimum absolute atomic E-state index is 0.0765. The molecule has 36 heavy (non-hydrogen) atoms. The average molecular weight is 542 g/mol. The molecule has 2 aliphatic rings. The van der Waals surface area contributed by atoms with Gasteiger partial charge in [-0.05, 0) is 48.1 Å². The summed E-state index contributed by atoms with van der Waals surface area (Å²) in [4.78, 5) is 27.1. The van der Waals surface area contributed by atoms with Crippen molar-refractivity contribution in [2.45, 2.75) is 38.0 Å². The van der Waals surface area contributed by atoms with Crippen LogP contribution >= 0.6 is 15.9 Å². The van der Waals surface area contributed by atoms with E-state index < -0.39 is 5.92 Å². The first-order valence-electron chi connectivity index (χ1n) is 12.3. The van der Waals surface area contributed by atoms with Gasteiger partial charge in [0, 0.05) is 40.2 Å². The first-order chi connectivity index (χ1) is 17.5. The topological polar surface area (TPSA) is 55.4 Å². The summed E-state index contributed by atoms with van der Waals surface area (Å²) in [7, 11) is 0. The van der Waals surface area contributed by atoms with Gasteiger partial charge in [0.25, 0.3) is 0 Å². The van der Waals surface area contributed by atoms with Crippen LogP contribution in [0.3, 0.4) is 0 Å². The van der Waals surface area contributed by atoms with E-state index in [0.29, 0.717) is 24.0 Å². The van der Waals surface area contributed by atoms with Crippen LogP contribution in [0.15, 0.2) is 112 Å². The summed E-state index contributed by atoms with van der Waals surface area (Å²) in [5.41, 5.74) is 6.03. The highest BCUT2D eigenvalue weighted by Gasteiger charge is 2.41. The number of rotatable bonds is 6. The Labute approximate surface area is 220 Å². The highest BCUT2D eigenvalue weighted by molar-refractivity contribution is 9.10. The van der Waals surface area contributed by atoms with Crippen LogP contribution in [-0.2, 0) is 20.7 Å². The molecule has 0 bridgehead atoms. The first-order valence-corrected chi connectivity index (χ1v) is 13.1. The molecule has 1 heterocycles. The Bertz CT molecular complexity index is 1330. The number of Topliss-reactive ketones (excluding diaryl/α,β-unsaturated/α-hetero) is 1. The summed E-state index contributed by atoms with van der Waals surface area (Å²) in [6.07, 6.45) is 1.79. The summed E-state index contributed by atoms with van der Waals surface area (Å²) in [5, 5.41) is 3.43. The number of allylic oxidation sites excluding steroid dienone is 3.